The second-order valence-corrected chi connectivity index (χ2v) is 2.02. The van der Waals surface area contributed by atoms with Gasteiger partial charge >= 0.3 is 27.5 Å². The molecule has 0 aromatic carbocycles. The summed E-state index contributed by atoms with van der Waals surface area (Å²) in [6, 6.07) is 0. The van der Waals surface area contributed by atoms with E-state index in [1.54, 1.807) is 0 Å². The molecule has 2 nitrogen and oxygen atoms in total. The van der Waals surface area contributed by atoms with Gasteiger partial charge in [0.15, 0.2) is 0 Å². The molecule has 0 atom stereocenters. The summed E-state index contributed by atoms with van der Waals surface area (Å²) in [4.78, 5) is 0. The van der Waals surface area contributed by atoms with Crippen molar-refractivity contribution in [1.29, 1.82) is 0 Å². The molecule has 0 radical (unpaired) electrons. The van der Waals surface area contributed by atoms with E-state index in [-0.39, 0.29) is 27.5 Å². The van der Waals surface area contributed by atoms with Crippen molar-refractivity contribution in [2.24, 2.45) is 0 Å². The van der Waals surface area contributed by atoms with Gasteiger partial charge in [-0.3, -0.25) is 4.52 Å². The number of hydrogen-bond donors (Lipinski definition) is 0. The van der Waals surface area contributed by atoms with Crippen LogP contribution in [0.1, 0.15) is 26.2 Å². The van der Waals surface area contributed by atoms with Crippen molar-refractivity contribution in [3.05, 3.63) is 0 Å². The molecule has 50 valence electrons. The van der Waals surface area contributed by atoms with Crippen LogP contribution in [0.25, 0.3) is 0 Å². The Morgan fingerprint density at radius 1 is 1.44 bits per heavy atom. The maximum atomic E-state index is 9.64. The minimum atomic E-state index is -0.189. The van der Waals surface area contributed by atoms with Crippen LogP contribution in [0, 0.1) is 0 Å². The van der Waals surface area contributed by atoms with Gasteiger partial charge in [0.2, 0.25) is 0 Å². The molecular weight excluding hydrogens is 130 g/mol. The van der Waals surface area contributed by atoms with Crippen LogP contribution < -0.4 is 0 Å². The maximum absolute atomic E-state index is 9.64. The first-order valence-corrected chi connectivity index (χ1v) is 3.59. The quantitative estimate of drug-likeness (QED) is 0.332. The molecular formula is C5H12LiO2P. The van der Waals surface area contributed by atoms with Gasteiger partial charge in [0.1, 0.15) is 0 Å². The topological polar surface area (TPSA) is 26.3 Å². The second kappa shape index (κ2) is 11.5. The van der Waals surface area contributed by atoms with Gasteiger partial charge in [0, 0.05) is 0 Å². The van der Waals surface area contributed by atoms with Crippen molar-refractivity contribution < 1.29 is 9.09 Å². The zero-order valence-electron chi connectivity index (χ0n) is 5.09. The van der Waals surface area contributed by atoms with Gasteiger partial charge in [-0.15, -0.1) is 0 Å². The van der Waals surface area contributed by atoms with Crippen LogP contribution in [-0.2, 0) is 9.09 Å². The molecule has 0 saturated carbocycles. The average Bonchev–Trinajstić information content (AvgIpc) is 1.81. The van der Waals surface area contributed by atoms with Crippen LogP contribution in [0.5, 0.6) is 0 Å². The zero-order chi connectivity index (χ0) is 6.24. The Bertz CT molecular complexity index is 60.9. The van der Waals surface area contributed by atoms with E-state index >= 15 is 0 Å². The molecule has 9 heavy (non-hydrogen) atoms. The van der Waals surface area contributed by atoms with E-state index in [9.17, 15) is 4.57 Å². The van der Waals surface area contributed by atoms with Crippen LogP contribution in [0.3, 0.4) is 0 Å². The number of rotatable bonds is 5. The molecule has 0 fully saturated rings. The summed E-state index contributed by atoms with van der Waals surface area (Å²) < 4.78 is 14.2. The van der Waals surface area contributed by atoms with E-state index in [0.29, 0.717) is 6.61 Å². The fraction of sp³-hybridized carbons (Fsp3) is 1.00. The van der Waals surface area contributed by atoms with Crippen LogP contribution in [0.2, 0.25) is 0 Å². The molecule has 0 saturated heterocycles. The van der Waals surface area contributed by atoms with E-state index < -0.39 is 0 Å². The average molecular weight is 142 g/mol. The predicted molar refractivity (Wildman–Crippen MR) is 40.2 cm³/mol. The number of unbranched alkanes of at least 4 members (excludes halogenated alkanes) is 2. The van der Waals surface area contributed by atoms with E-state index in [4.69, 9.17) is 0 Å². The molecule has 0 unspecified atom stereocenters. The molecule has 4 heteroatoms. The van der Waals surface area contributed by atoms with Crippen LogP contribution in [-0.4, -0.2) is 25.5 Å². The van der Waals surface area contributed by atoms with E-state index in [0.717, 1.165) is 12.8 Å². The van der Waals surface area contributed by atoms with E-state index in [1.807, 2.05) is 0 Å². The molecule has 0 aliphatic carbocycles. The Morgan fingerprint density at radius 3 is 2.56 bits per heavy atom. The van der Waals surface area contributed by atoms with E-state index in [1.165, 1.54) is 6.42 Å². The Kier molecular flexibility index (Phi) is 15.7. The summed E-state index contributed by atoms with van der Waals surface area (Å²) in [6.45, 7) is 2.74. The fourth-order valence-electron chi connectivity index (χ4n) is 0.454. The minimum absolute atomic E-state index is 0. The fourth-order valence-corrected chi connectivity index (χ4v) is 0.658. The summed E-state index contributed by atoms with van der Waals surface area (Å²) in [5.41, 5.74) is 0. The number of hydrogen-bond acceptors (Lipinski definition) is 2. The van der Waals surface area contributed by atoms with Crippen LogP contribution >= 0.6 is 8.69 Å². The normalized spacial score (nSPS) is 9.00. The van der Waals surface area contributed by atoms with Gasteiger partial charge in [-0.1, -0.05) is 19.8 Å². The van der Waals surface area contributed by atoms with Gasteiger partial charge in [0.25, 0.3) is 0 Å². The Labute approximate surface area is 69.8 Å². The molecule has 0 amide bonds. The van der Waals surface area contributed by atoms with Crippen molar-refractivity contribution in [3.8, 4) is 0 Å². The molecule has 0 aromatic rings. The van der Waals surface area contributed by atoms with Crippen molar-refractivity contribution in [2.45, 2.75) is 26.2 Å². The summed E-state index contributed by atoms with van der Waals surface area (Å²) in [6.07, 6.45) is 3.36. The first kappa shape index (κ1) is 12.3. The van der Waals surface area contributed by atoms with Gasteiger partial charge in [0.05, 0.1) is 6.61 Å². The van der Waals surface area contributed by atoms with E-state index in [2.05, 4.69) is 11.4 Å². The molecule has 0 heterocycles. The SMILES string of the molecule is CCCCCOP=O.[LiH]. The van der Waals surface area contributed by atoms with Crippen molar-refractivity contribution in [1.82, 2.24) is 0 Å². The molecule has 0 aliphatic rings. The Balaban J connectivity index is 0. The standard InChI is InChI=1S/C5H11O2P.Li.H/c1-2-3-4-5-7-8-6;;/h2-5H2,1H3;;. The van der Waals surface area contributed by atoms with Gasteiger partial charge in [-0.25, -0.2) is 4.57 Å². The third kappa shape index (κ3) is 12.0. The van der Waals surface area contributed by atoms with Gasteiger partial charge in [-0.2, -0.15) is 0 Å². The zero-order valence-corrected chi connectivity index (χ0v) is 5.99. The predicted octanol–water partition coefficient (Wildman–Crippen LogP) is 1.75. The van der Waals surface area contributed by atoms with Crippen molar-refractivity contribution in [2.75, 3.05) is 6.61 Å². The summed E-state index contributed by atoms with van der Waals surface area (Å²) >= 11 is 0. The molecule has 0 bridgehead atoms. The molecule has 0 aliphatic heterocycles. The second-order valence-electron chi connectivity index (χ2n) is 1.61. The van der Waals surface area contributed by atoms with Crippen molar-refractivity contribution in [3.63, 3.8) is 0 Å². The molecule has 0 N–H and O–H groups in total. The van der Waals surface area contributed by atoms with Crippen LogP contribution in [0.15, 0.2) is 0 Å². The monoisotopic (exact) mass is 142 g/mol. The first-order chi connectivity index (χ1) is 3.91. The Hall–Kier alpha value is 0.657. The molecule has 0 spiro atoms. The third-order valence-electron chi connectivity index (χ3n) is 0.892. The van der Waals surface area contributed by atoms with Gasteiger partial charge < -0.3 is 0 Å². The Morgan fingerprint density at radius 2 is 2.11 bits per heavy atom. The molecule has 0 aromatic heterocycles. The van der Waals surface area contributed by atoms with Crippen molar-refractivity contribution >= 4 is 27.5 Å². The third-order valence-corrected chi connectivity index (χ3v) is 1.18. The first-order valence-electron chi connectivity index (χ1n) is 2.86. The summed E-state index contributed by atoms with van der Waals surface area (Å²) in [7, 11) is -0.189. The van der Waals surface area contributed by atoms with Crippen LogP contribution in [0.4, 0.5) is 0 Å². The summed E-state index contributed by atoms with van der Waals surface area (Å²) in [5.74, 6) is 0. The van der Waals surface area contributed by atoms with Gasteiger partial charge in [-0.05, 0) is 6.42 Å². The summed E-state index contributed by atoms with van der Waals surface area (Å²) in [5, 5.41) is 0. The molecule has 0 rings (SSSR count).